The van der Waals surface area contributed by atoms with Gasteiger partial charge in [-0.1, -0.05) is 10.3 Å². The standard InChI is InChI=1S/C4H6N2O.C4H6N2S/c2*1-3-4(2)6-7-5-3/h2*1-2H3. The van der Waals surface area contributed by atoms with Crippen molar-refractivity contribution >= 4 is 11.7 Å². The second-order valence-electron chi connectivity index (χ2n) is 2.87. The zero-order chi connectivity index (χ0) is 10.6. The van der Waals surface area contributed by atoms with Crippen LogP contribution in [0, 0.1) is 27.7 Å². The van der Waals surface area contributed by atoms with Crippen LogP contribution < -0.4 is 0 Å². The van der Waals surface area contributed by atoms with Gasteiger partial charge in [-0.25, -0.2) is 4.63 Å². The molecule has 76 valence electrons. The summed E-state index contributed by atoms with van der Waals surface area (Å²) in [7, 11) is 0. The van der Waals surface area contributed by atoms with E-state index in [2.05, 4.69) is 23.7 Å². The lowest BCUT2D eigenvalue weighted by Crippen LogP contribution is -1.71. The van der Waals surface area contributed by atoms with Crippen molar-refractivity contribution in [3.05, 3.63) is 22.8 Å². The fourth-order valence-corrected chi connectivity index (χ4v) is 1.10. The molecule has 0 unspecified atom stereocenters. The molecule has 0 saturated heterocycles. The average molecular weight is 212 g/mol. The van der Waals surface area contributed by atoms with Gasteiger partial charge in [0, 0.05) is 0 Å². The Labute approximate surface area is 86.5 Å². The van der Waals surface area contributed by atoms with Gasteiger partial charge in [-0.15, -0.1) is 0 Å². The normalized spacial score (nSPS) is 9.43. The maximum absolute atomic E-state index is 4.34. The smallest absolute Gasteiger partial charge is 0.104 e. The Hall–Kier alpha value is -1.30. The third-order valence-corrected chi connectivity index (χ3v) is 2.47. The van der Waals surface area contributed by atoms with Gasteiger partial charge < -0.3 is 0 Å². The number of aromatic nitrogens is 4. The summed E-state index contributed by atoms with van der Waals surface area (Å²) in [5.41, 5.74) is 3.81. The number of hydrogen-bond acceptors (Lipinski definition) is 6. The van der Waals surface area contributed by atoms with Crippen LogP contribution >= 0.6 is 11.7 Å². The average Bonchev–Trinajstić information content (AvgIpc) is 2.67. The highest BCUT2D eigenvalue weighted by Gasteiger charge is 1.93. The Morgan fingerprint density at radius 2 is 1.21 bits per heavy atom. The summed E-state index contributed by atoms with van der Waals surface area (Å²) in [6.07, 6.45) is 0. The molecule has 2 aromatic heterocycles. The van der Waals surface area contributed by atoms with Gasteiger partial charge in [-0.05, 0) is 27.7 Å². The second kappa shape index (κ2) is 4.80. The Kier molecular flexibility index (Phi) is 3.70. The van der Waals surface area contributed by atoms with E-state index in [1.807, 2.05) is 27.7 Å². The number of hydrogen-bond donors (Lipinski definition) is 0. The molecule has 0 aliphatic heterocycles. The molecule has 0 radical (unpaired) electrons. The molecule has 6 heteroatoms. The van der Waals surface area contributed by atoms with E-state index in [1.54, 1.807) is 0 Å². The summed E-state index contributed by atoms with van der Waals surface area (Å²) in [6.45, 7) is 7.62. The van der Waals surface area contributed by atoms with Crippen molar-refractivity contribution in [2.75, 3.05) is 0 Å². The minimum absolute atomic E-state index is 0.861. The minimum atomic E-state index is 0.861. The van der Waals surface area contributed by atoms with Crippen LogP contribution in [0.1, 0.15) is 22.8 Å². The molecule has 2 aromatic rings. The van der Waals surface area contributed by atoms with Gasteiger partial charge in [0.25, 0.3) is 0 Å². The summed E-state index contributed by atoms with van der Waals surface area (Å²) in [5, 5.41) is 7.06. The number of aryl methyl sites for hydroxylation is 4. The Morgan fingerprint density at radius 1 is 0.786 bits per heavy atom. The monoisotopic (exact) mass is 212 g/mol. The third-order valence-electron chi connectivity index (χ3n) is 1.76. The summed E-state index contributed by atoms with van der Waals surface area (Å²) >= 11 is 1.27. The van der Waals surface area contributed by atoms with E-state index in [-0.39, 0.29) is 0 Å². The summed E-state index contributed by atoms with van der Waals surface area (Å²) < 4.78 is 12.2. The lowest BCUT2D eigenvalue weighted by Gasteiger charge is -1.75. The second-order valence-corrected chi connectivity index (χ2v) is 3.40. The lowest BCUT2D eigenvalue weighted by atomic mass is 10.4. The molecule has 2 heterocycles. The van der Waals surface area contributed by atoms with Crippen LogP contribution in [-0.2, 0) is 0 Å². The molecule has 5 nitrogen and oxygen atoms in total. The molecule has 0 amide bonds. The van der Waals surface area contributed by atoms with E-state index < -0.39 is 0 Å². The fraction of sp³-hybridized carbons (Fsp3) is 0.500. The van der Waals surface area contributed by atoms with E-state index in [0.29, 0.717) is 0 Å². The maximum Gasteiger partial charge on any atom is 0.104 e. The SMILES string of the molecule is Cc1nonc1C.Cc1nsnc1C. The van der Waals surface area contributed by atoms with Gasteiger partial charge in [0.15, 0.2) is 0 Å². The van der Waals surface area contributed by atoms with E-state index in [1.165, 1.54) is 11.7 Å². The molecule has 0 atom stereocenters. The molecule has 0 aromatic carbocycles. The predicted molar refractivity (Wildman–Crippen MR) is 53.2 cm³/mol. The first-order chi connectivity index (χ1) is 6.61. The van der Waals surface area contributed by atoms with Crippen molar-refractivity contribution in [1.82, 2.24) is 19.1 Å². The third kappa shape index (κ3) is 2.88. The molecule has 0 N–H and O–H groups in total. The zero-order valence-electron chi connectivity index (χ0n) is 8.61. The van der Waals surface area contributed by atoms with Crippen LogP contribution in [0.15, 0.2) is 4.63 Å². The van der Waals surface area contributed by atoms with E-state index in [9.17, 15) is 0 Å². The summed E-state index contributed by atoms with van der Waals surface area (Å²) in [4.78, 5) is 0. The van der Waals surface area contributed by atoms with Gasteiger partial charge in [0.2, 0.25) is 0 Å². The quantitative estimate of drug-likeness (QED) is 0.666. The van der Waals surface area contributed by atoms with E-state index >= 15 is 0 Å². The molecule has 2 rings (SSSR count). The Morgan fingerprint density at radius 3 is 1.36 bits per heavy atom. The van der Waals surface area contributed by atoms with Gasteiger partial charge >= 0.3 is 0 Å². The highest BCUT2D eigenvalue weighted by Crippen LogP contribution is 1.99. The van der Waals surface area contributed by atoms with Crippen molar-refractivity contribution < 1.29 is 4.63 Å². The molecule has 0 bridgehead atoms. The first-order valence-corrected chi connectivity index (χ1v) is 4.86. The fourth-order valence-electron chi connectivity index (χ4n) is 0.550. The van der Waals surface area contributed by atoms with Crippen molar-refractivity contribution in [2.24, 2.45) is 0 Å². The first-order valence-electron chi connectivity index (χ1n) is 4.12. The van der Waals surface area contributed by atoms with Crippen molar-refractivity contribution in [1.29, 1.82) is 0 Å². The van der Waals surface area contributed by atoms with Crippen LogP contribution in [0.4, 0.5) is 0 Å². The van der Waals surface area contributed by atoms with Crippen molar-refractivity contribution in [3.8, 4) is 0 Å². The largest absolute Gasteiger partial charge is 0.244 e. The van der Waals surface area contributed by atoms with Crippen LogP contribution in [0.5, 0.6) is 0 Å². The zero-order valence-corrected chi connectivity index (χ0v) is 9.42. The predicted octanol–water partition coefficient (Wildman–Crippen LogP) is 1.84. The molecule has 14 heavy (non-hydrogen) atoms. The number of rotatable bonds is 0. The Bertz CT molecular complexity index is 324. The summed E-state index contributed by atoms with van der Waals surface area (Å²) in [5.74, 6) is 0. The van der Waals surface area contributed by atoms with Gasteiger partial charge in [0.05, 0.1) is 23.1 Å². The van der Waals surface area contributed by atoms with Gasteiger partial charge in [-0.3, -0.25) is 0 Å². The van der Waals surface area contributed by atoms with Gasteiger partial charge in [-0.2, -0.15) is 8.75 Å². The first kappa shape index (κ1) is 10.8. The molecule has 0 spiro atoms. The maximum atomic E-state index is 4.34. The van der Waals surface area contributed by atoms with Crippen molar-refractivity contribution in [2.45, 2.75) is 27.7 Å². The molecule has 0 fully saturated rings. The molecular weight excluding hydrogens is 200 g/mol. The number of nitrogens with zero attached hydrogens (tertiary/aromatic N) is 4. The highest BCUT2D eigenvalue weighted by molar-refractivity contribution is 6.99. The van der Waals surface area contributed by atoms with Crippen LogP contribution in [0.3, 0.4) is 0 Å². The minimum Gasteiger partial charge on any atom is -0.244 e. The van der Waals surface area contributed by atoms with Crippen LogP contribution in [0.2, 0.25) is 0 Å². The van der Waals surface area contributed by atoms with Gasteiger partial charge in [0.1, 0.15) is 11.4 Å². The Balaban J connectivity index is 0.000000140. The van der Waals surface area contributed by atoms with Crippen LogP contribution in [0.25, 0.3) is 0 Å². The topological polar surface area (TPSA) is 64.7 Å². The van der Waals surface area contributed by atoms with E-state index in [4.69, 9.17) is 0 Å². The van der Waals surface area contributed by atoms with Crippen LogP contribution in [-0.4, -0.2) is 19.1 Å². The lowest BCUT2D eigenvalue weighted by molar-refractivity contribution is 0.302. The van der Waals surface area contributed by atoms with E-state index in [0.717, 1.165) is 22.8 Å². The summed E-state index contributed by atoms with van der Waals surface area (Å²) in [6, 6.07) is 0. The molecule has 0 saturated carbocycles. The molecule has 0 aliphatic carbocycles. The molecule has 0 aliphatic rings. The highest BCUT2D eigenvalue weighted by atomic mass is 32.1. The molecular formula is C8H12N4OS. The van der Waals surface area contributed by atoms with Crippen molar-refractivity contribution in [3.63, 3.8) is 0 Å².